The van der Waals surface area contributed by atoms with Gasteiger partial charge in [-0.05, 0) is 49.1 Å². The van der Waals surface area contributed by atoms with Crippen molar-refractivity contribution in [1.29, 1.82) is 0 Å². The number of halogens is 1. The molecule has 0 aliphatic rings. The highest BCUT2D eigenvalue weighted by Gasteiger charge is 2.34. The quantitative estimate of drug-likeness (QED) is 0.692. The molecule has 0 aliphatic heterocycles. The van der Waals surface area contributed by atoms with E-state index in [4.69, 9.17) is 4.74 Å². The average molecular weight is 383 g/mol. The minimum atomic E-state index is -1.10. The zero-order valence-electron chi connectivity index (χ0n) is 16.7. The summed E-state index contributed by atoms with van der Waals surface area (Å²) in [7, 11) is 1.55. The number of rotatable bonds is 6. The number of benzene rings is 2. The number of ether oxygens (including phenoxy) is 1. The zero-order chi connectivity index (χ0) is 20.5. The lowest BCUT2D eigenvalue weighted by molar-refractivity contribution is 0.0154. The van der Waals surface area contributed by atoms with E-state index in [-0.39, 0.29) is 11.2 Å². The highest BCUT2D eigenvalue weighted by atomic mass is 19.1. The molecule has 1 unspecified atom stereocenters. The number of para-hydroxylation sites is 1. The minimum absolute atomic E-state index is 0.0451. The lowest BCUT2D eigenvalue weighted by Gasteiger charge is -2.35. The van der Waals surface area contributed by atoms with Crippen LogP contribution in [0.15, 0.2) is 59.5 Å². The van der Waals surface area contributed by atoms with Gasteiger partial charge in [0.05, 0.1) is 24.8 Å². The number of fused-ring (bicyclic) bond motifs is 1. The molecule has 1 heterocycles. The smallest absolute Gasteiger partial charge is 0.189 e. The topological polar surface area (TPSA) is 51.5 Å². The number of aromatic nitrogens is 1. The van der Waals surface area contributed by atoms with Gasteiger partial charge in [0.2, 0.25) is 0 Å². The van der Waals surface area contributed by atoms with Crippen molar-refractivity contribution < 1.29 is 14.2 Å². The van der Waals surface area contributed by atoms with Gasteiger partial charge in [0.15, 0.2) is 5.43 Å². The molecule has 0 aliphatic carbocycles. The van der Waals surface area contributed by atoms with Gasteiger partial charge in [-0.3, -0.25) is 4.79 Å². The van der Waals surface area contributed by atoms with E-state index < -0.39 is 11.0 Å². The molecule has 5 heteroatoms. The first-order valence-corrected chi connectivity index (χ1v) is 9.28. The first-order valence-electron chi connectivity index (χ1n) is 9.28. The Morgan fingerprint density at radius 3 is 2.54 bits per heavy atom. The van der Waals surface area contributed by atoms with E-state index in [2.05, 4.69) is 0 Å². The summed E-state index contributed by atoms with van der Waals surface area (Å²) in [5.41, 5.74) is -0.197. The maximum absolute atomic E-state index is 13.9. The maximum Gasteiger partial charge on any atom is 0.189 e. The fraction of sp³-hybridized carbons (Fsp3) is 0.348. The summed E-state index contributed by atoms with van der Waals surface area (Å²) in [6, 6.07) is 13.3. The zero-order valence-corrected chi connectivity index (χ0v) is 16.7. The molecule has 0 amide bonds. The fourth-order valence-corrected chi connectivity index (χ4v) is 4.08. The van der Waals surface area contributed by atoms with E-state index >= 15 is 0 Å². The molecule has 1 aromatic heterocycles. The average Bonchev–Trinajstić information content (AvgIpc) is 2.63. The molecule has 0 saturated carbocycles. The van der Waals surface area contributed by atoms with Crippen LogP contribution in [0.4, 0.5) is 4.39 Å². The third-order valence-electron chi connectivity index (χ3n) is 5.11. The molecule has 1 atom stereocenters. The summed E-state index contributed by atoms with van der Waals surface area (Å²) >= 11 is 0. The summed E-state index contributed by atoms with van der Waals surface area (Å²) in [4.78, 5) is 12.1. The van der Waals surface area contributed by atoms with Gasteiger partial charge in [-0.25, -0.2) is 4.39 Å². The van der Waals surface area contributed by atoms with Crippen LogP contribution in [0.1, 0.15) is 32.8 Å². The van der Waals surface area contributed by atoms with Gasteiger partial charge in [0, 0.05) is 23.2 Å². The maximum atomic E-state index is 13.9. The van der Waals surface area contributed by atoms with Gasteiger partial charge in [0.1, 0.15) is 11.6 Å². The highest BCUT2D eigenvalue weighted by molar-refractivity contribution is 5.78. The van der Waals surface area contributed by atoms with Gasteiger partial charge in [-0.1, -0.05) is 26.0 Å². The van der Waals surface area contributed by atoms with Crippen LogP contribution in [0.5, 0.6) is 5.75 Å². The molecule has 4 nitrogen and oxygen atoms in total. The first-order chi connectivity index (χ1) is 13.1. The Labute approximate surface area is 164 Å². The number of hydrogen-bond acceptors (Lipinski definition) is 3. The van der Waals surface area contributed by atoms with Gasteiger partial charge >= 0.3 is 0 Å². The van der Waals surface area contributed by atoms with Crippen LogP contribution >= 0.6 is 0 Å². The SMILES string of the molecule is COc1ccc(F)cc1C(C)(C)CC(C)(O)Cn1ccc(=O)c2ccccc21. The van der Waals surface area contributed by atoms with Crippen molar-refractivity contribution in [2.75, 3.05) is 7.11 Å². The molecule has 1 N–H and O–H groups in total. The summed E-state index contributed by atoms with van der Waals surface area (Å²) < 4.78 is 21.1. The number of aliphatic hydroxyl groups is 1. The molecule has 3 aromatic rings. The lowest BCUT2D eigenvalue weighted by Crippen LogP contribution is -2.38. The van der Waals surface area contributed by atoms with Crippen LogP contribution < -0.4 is 10.2 Å². The molecule has 0 bridgehead atoms. The predicted molar refractivity (Wildman–Crippen MR) is 109 cm³/mol. The molecule has 0 saturated heterocycles. The summed E-state index contributed by atoms with van der Waals surface area (Å²) in [5, 5.41) is 11.8. The summed E-state index contributed by atoms with van der Waals surface area (Å²) in [5.74, 6) is 0.255. The van der Waals surface area contributed by atoms with Crippen LogP contribution in [0.25, 0.3) is 10.9 Å². The van der Waals surface area contributed by atoms with Crippen LogP contribution in [0.3, 0.4) is 0 Å². The third kappa shape index (κ3) is 4.09. The Kier molecular flexibility index (Phi) is 5.31. The minimum Gasteiger partial charge on any atom is -0.496 e. The summed E-state index contributed by atoms with van der Waals surface area (Å²) in [6.45, 7) is 5.98. The number of hydrogen-bond donors (Lipinski definition) is 1. The van der Waals surface area contributed by atoms with E-state index in [1.807, 2.05) is 36.6 Å². The Morgan fingerprint density at radius 1 is 1.11 bits per heavy atom. The molecular weight excluding hydrogens is 357 g/mol. The van der Waals surface area contributed by atoms with Crippen molar-refractivity contribution in [1.82, 2.24) is 4.57 Å². The Bertz CT molecular complexity index is 1050. The molecule has 2 aromatic carbocycles. The number of methoxy groups -OCH3 is 1. The van der Waals surface area contributed by atoms with Crippen LogP contribution in [-0.4, -0.2) is 22.4 Å². The van der Waals surface area contributed by atoms with E-state index in [1.54, 1.807) is 32.4 Å². The number of pyridine rings is 1. The van der Waals surface area contributed by atoms with Crippen molar-refractivity contribution in [2.24, 2.45) is 0 Å². The molecule has 3 rings (SSSR count). The van der Waals surface area contributed by atoms with Gasteiger partial charge in [0.25, 0.3) is 0 Å². The molecule has 0 spiro atoms. The van der Waals surface area contributed by atoms with Crippen molar-refractivity contribution in [3.05, 3.63) is 76.3 Å². The van der Waals surface area contributed by atoms with Gasteiger partial charge in [-0.2, -0.15) is 0 Å². The van der Waals surface area contributed by atoms with Crippen molar-refractivity contribution in [3.63, 3.8) is 0 Å². The molecular formula is C23H26FNO3. The largest absolute Gasteiger partial charge is 0.496 e. The molecule has 0 fully saturated rings. The van der Waals surface area contributed by atoms with Crippen molar-refractivity contribution in [3.8, 4) is 5.75 Å². The molecule has 0 radical (unpaired) electrons. The molecule has 28 heavy (non-hydrogen) atoms. The Morgan fingerprint density at radius 2 is 1.82 bits per heavy atom. The monoisotopic (exact) mass is 383 g/mol. The van der Waals surface area contributed by atoms with E-state index in [1.165, 1.54) is 18.2 Å². The normalized spacial score (nSPS) is 14.1. The second kappa shape index (κ2) is 7.40. The Hall–Kier alpha value is -2.66. The second-order valence-electron chi connectivity index (χ2n) is 8.23. The van der Waals surface area contributed by atoms with E-state index in [0.717, 1.165) is 5.52 Å². The third-order valence-corrected chi connectivity index (χ3v) is 5.11. The fourth-order valence-electron chi connectivity index (χ4n) is 4.08. The van der Waals surface area contributed by atoms with Gasteiger partial charge < -0.3 is 14.4 Å². The molecule has 148 valence electrons. The highest BCUT2D eigenvalue weighted by Crippen LogP contribution is 2.38. The first kappa shape index (κ1) is 20.1. The summed E-state index contributed by atoms with van der Waals surface area (Å²) in [6.07, 6.45) is 2.08. The standard InChI is InChI=1S/C23H26FNO3/c1-22(2,18-13-16(24)9-10-21(18)28-4)14-23(3,27)15-25-12-11-20(26)17-7-5-6-8-19(17)25/h5-13,27H,14-15H2,1-4H3. The van der Waals surface area contributed by atoms with Crippen molar-refractivity contribution >= 4 is 10.9 Å². The Balaban J connectivity index is 1.93. The second-order valence-corrected chi connectivity index (χ2v) is 8.23. The predicted octanol–water partition coefficient (Wildman–Crippen LogP) is 4.27. The van der Waals surface area contributed by atoms with Gasteiger partial charge in [-0.15, -0.1) is 0 Å². The lowest BCUT2D eigenvalue weighted by atomic mass is 9.75. The van der Waals surface area contributed by atoms with Crippen LogP contribution in [0, 0.1) is 5.82 Å². The number of nitrogens with zero attached hydrogens (tertiary/aromatic N) is 1. The van der Waals surface area contributed by atoms with Crippen LogP contribution in [0.2, 0.25) is 0 Å². The van der Waals surface area contributed by atoms with Crippen LogP contribution in [-0.2, 0) is 12.0 Å². The van der Waals surface area contributed by atoms with E-state index in [9.17, 15) is 14.3 Å². The van der Waals surface area contributed by atoms with Crippen molar-refractivity contribution in [2.45, 2.75) is 44.8 Å². The van der Waals surface area contributed by atoms with E-state index in [0.29, 0.717) is 29.7 Å².